The normalized spacial score (nSPS) is 9.53. The molecule has 0 saturated heterocycles. The number of hydrogen-bond acceptors (Lipinski definition) is 6. The Morgan fingerprint density at radius 1 is 1.47 bits per heavy atom. The Bertz CT molecular complexity index is 368. The molecule has 15 heavy (non-hydrogen) atoms. The van der Waals surface area contributed by atoms with Gasteiger partial charge in [0.25, 0.3) is 0 Å². The van der Waals surface area contributed by atoms with Gasteiger partial charge in [-0.2, -0.15) is 0 Å². The van der Waals surface area contributed by atoms with Crippen LogP contribution in [-0.2, 0) is 0 Å². The van der Waals surface area contributed by atoms with Crippen molar-refractivity contribution >= 4 is 13.0 Å². The molecule has 0 aromatic heterocycles. The second-order valence-corrected chi connectivity index (χ2v) is 2.53. The van der Waals surface area contributed by atoms with Gasteiger partial charge in [-0.25, -0.2) is 0 Å². The number of nitrogens with zero attached hydrogens (tertiary/aromatic N) is 1. The maximum atomic E-state index is 10.6. The van der Waals surface area contributed by atoms with Gasteiger partial charge in [-0.3, -0.25) is 10.1 Å². The number of ether oxygens (including phenoxy) is 1. The van der Waals surface area contributed by atoms with Crippen LogP contribution in [0.4, 0.5) is 5.69 Å². The zero-order valence-corrected chi connectivity index (χ0v) is 7.78. The SMILES string of the molecule is COc1ccc(OB(O)O)c([N+](=O)[O-])c1. The summed E-state index contributed by atoms with van der Waals surface area (Å²) in [6, 6.07) is 3.75. The monoisotopic (exact) mass is 213 g/mol. The average Bonchev–Trinajstić information content (AvgIpc) is 2.17. The molecule has 0 radical (unpaired) electrons. The van der Waals surface area contributed by atoms with Crippen molar-refractivity contribution in [3.8, 4) is 11.5 Å². The third kappa shape index (κ3) is 2.83. The quantitative estimate of drug-likeness (QED) is 0.413. The van der Waals surface area contributed by atoms with Crippen molar-refractivity contribution in [2.75, 3.05) is 7.11 Å². The van der Waals surface area contributed by atoms with Crippen LogP contribution in [0.3, 0.4) is 0 Å². The van der Waals surface area contributed by atoms with Gasteiger partial charge in [-0.1, -0.05) is 0 Å². The minimum atomic E-state index is -2.10. The van der Waals surface area contributed by atoms with Crippen LogP contribution in [0.25, 0.3) is 0 Å². The Balaban J connectivity index is 3.09. The van der Waals surface area contributed by atoms with Crippen molar-refractivity contribution in [1.29, 1.82) is 0 Å². The Morgan fingerprint density at radius 2 is 2.13 bits per heavy atom. The van der Waals surface area contributed by atoms with E-state index in [4.69, 9.17) is 14.8 Å². The first-order valence-electron chi connectivity index (χ1n) is 3.90. The summed E-state index contributed by atoms with van der Waals surface area (Å²) in [6.45, 7) is 0. The largest absolute Gasteiger partial charge is 0.707 e. The van der Waals surface area contributed by atoms with Crippen LogP contribution in [-0.4, -0.2) is 29.4 Å². The minimum absolute atomic E-state index is 0.240. The van der Waals surface area contributed by atoms with Crippen LogP contribution in [0.1, 0.15) is 0 Å². The summed E-state index contributed by atoms with van der Waals surface area (Å²) in [5.41, 5.74) is -0.401. The molecule has 0 bridgehead atoms. The van der Waals surface area contributed by atoms with Gasteiger partial charge in [0, 0.05) is 0 Å². The van der Waals surface area contributed by atoms with E-state index >= 15 is 0 Å². The number of hydrogen-bond donors (Lipinski definition) is 2. The van der Waals surface area contributed by atoms with E-state index in [-0.39, 0.29) is 11.5 Å². The molecule has 0 unspecified atom stereocenters. The fraction of sp³-hybridized carbons (Fsp3) is 0.143. The smallest absolute Gasteiger partial charge is 0.507 e. The lowest BCUT2D eigenvalue weighted by Gasteiger charge is -2.06. The van der Waals surface area contributed by atoms with Crippen molar-refractivity contribution < 1.29 is 24.4 Å². The molecular formula is C7H8BNO6. The van der Waals surface area contributed by atoms with Crippen LogP contribution in [0.2, 0.25) is 0 Å². The second-order valence-electron chi connectivity index (χ2n) is 2.53. The van der Waals surface area contributed by atoms with E-state index in [1.807, 2.05) is 0 Å². The topological polar surface area (TPSA) is 102 Å². The van der Waals surface area contributed by atoms with Gasteiger partial charge in [-0.05, 0) is 12.1 Å². The molecule has 0 fully saturated rings. The number of rotatable bonds is 4. The number of nitro groups is 1. The third-order valence-electron chi connectivity index (χ3n) is 1.60. The third-order valence-corrected chi connectivity index (χ3v) is 1.60. The summed E-state index contributed by atoms with van der Waals surface area (Å²) in [7, 11) is -0.738. The molecule has 0 amide bonds. The van der Waals surface area contributed by atoms with Crippen molar-refractivity contribution in [2.45, 2.75) is 0 Å². The zero-order valence-electron chi connectivity index (χ0n) is 7.78. The standard InChI is InChI=1S/C7H8BNO6/c1-14-5-2-3-7(15-8(10)11)6(4-5)9(12)13/h2-4,10-11H,1H3. The van der Waals surface area contributed by atoms with Crippen molar-refractivity contribution in [3.05, 3.63) is 28.3 Å². The van der Waals surface area contributed by atoms with Gasteiger partial charge >= 0.3 is 13.0 Å². The van der Waals surface area contributed by atoms with Crippen molar-refractivity contribution in [3.63, 3.8) is 0 Å². The highest BCUT2D eigenvalue weighted by Gasteiger charge is 2.21. The number of methoxy groups -OCH3 is 1. The molecule has 80 valence electrons. The van der Waals surface area contributed by atoms with Gasteiger partial charge in [0.2, 0.25) is 0 Å². The van der Waals surface area contributed by atoms with Gasteiger partial charge in [0.1, 0.15) is 5.75 Å². The van der Waals surface area contributed by atoms with E-state index in [2.05, 4.69) is 4.65 Å². The van der Waals surface area contributed by atoms with Gasteiger partial charge in [0.05, 0.1) is 18.1 Å². The Morgan fingerprint density at radius 3 is 2.60 bits per heavy atom. The van der Waals surface area contributed by atoms with Crippen LogP contribution in [0.5, 0.6) is 11.5 Å². The van der Waals surface area contributed by atoms with E-state index in [9.17, 15) is 10.1 Å². The summed E-state index contributed by atoms with van der Waals surface area (Å²) in [5.74, 6) is 0.0391. The predicted molar refractivity (Wildman–Crippen MR) is 50.5 cm³/mol. The number of nitro benzene ring substituents is 1. The van der Waals surface area contributed by atoms with Crippen molar-refractivity contribution in [2.24, 2.45) is 0 Å². The van der Waals surface area contributed by atoms with Gasteiger partial charge in [0.15, 0.2) is 5.75 Å². The molecule has 2 N–H and O–H groups in total. The summed E-state index contributed by atoms with van der Waals surface area (Å²) in [5, 5.41) is 27.6. The molecule has 0 aliphatic heterocycles. The predicted octanol–water partition coefficient (Wildman–Crippen LogP) is -0.0483. The Labute approximate surface area is 85.2 Å². The van der Waals surface area contributed by atoms with E-state index in [1.54, 1.807) is 0 Å². The fourth-order valence-electron chi connectivity index (χ4n) is 0.980. The summed E-state index contributed by atoms with van der Waals surface area (Å²) >= 11 is 0. The highest BCUT2D eigenvalue weighted by Crippen LogP contribution is 2.30. The highest BCUT2D eigenvalue weighted by molar-refractivity contribution is 6.33. The molecule has 0 heterocycles. The van der Waals surface area contributed by atoms with Crippen molar-refractivity contribution in [1.82, 2.24) is 0 Å². The average molecular weight is 213 g/mol. The van der Waals surface area contributed by atoms with E-state index < -0.39 is 17.9 Å². The molecule has 0 atom stereocenters. The fourth-order valence-corrected chi connectivity index (χ4v) is 0.980. The molecule has 1 aromatic rings. The molecule has 7 nitrogen and oxygen atoms in total. The van der Waals surface area contributed by atoms with Gasteiger partial charge < -0.3 is 19.4 Å². The maximum Gasteiger partial charge on any atom is 0.707 e. The van der Waals surface area contributed by atoms with Gasteiger partial charge in [-0.15, -0.1) is 0 Å². The van der Waals surface area contributed by atoms with Crippen LogP contribution >= 0.6 is 0 Å². The lowest BCUT2D eigenvalue weighted by molar-refractivity contribution is -0.385. The molecule has 0 aliphatic carbocycles. The summed E-state index contributed by atoms with van der Waals surface area (Å²) < 4.78 is 9.20. The van der Waals surface area contributed by atoms with Crippen LogP contribution in [0, 0.1) is 10.1 Å². The molecule has 1 aromatic carbocycles. The van der Waals surface area contributed by atoms with Crippen LogP contribution in [0.15, 0.2) is 18.2 Å². The first-order valence-corrected chi connectivity index (χ1v) is 3.90. The summed E-state index contributed by atoms with van der Waals surface area (Å²) in [6.07, 6.45) is 0. The van der Waals surface area contributed by atoms with E-state index in [0.29, 0.717) is 0 Å². The highest BCUT2D eigenvalue weighted by atomic mass is 16.6. The first kappa shape index (κ1) is 11.3. The number of benzene rings is 1. The molecule has 1 rings (SSSR count). The maximum absolute atomic E-state index is 10.6. The van der Waals surface area contributed by atoms with E-state index in [1.165, 1.54) is 19.2 Å². The molecule has 0 spiro atoms. The second kappa shape index (κ2) is 4.62. The first-order chi connectivity index (χ1) is 7.04. The van der Waals surface area contributed by atoms with Crippen LogP contribution < -0.4 is 9.39 Å². The minimum Gasteiger partial charge on any atom is -0.507 e. The Kier molecular flexibility index (Phi) is 3.48. The van der Waals surface area contributed by atoms with E-state index in [0.717, 1.165) is 6.07 Å². The lowest BCUT2D eigenvalue weighted by atomic mass is 10.2. The molecular weight excluding hydrogens is 205 g/mol. The molecule has 0 saturated carbocycles. The molecule has 0 aliphatic rings. The Hall–Kier alpha value is -1.80. The zero-order chi connectivity index (χ0) is 11.4. The molecule has 8 heteroatoms. The summed E-state index contributed by atoms with van der Waals surface area (Å²) in [4.78, 5) is 9.87. The lowest BCUT2D eigenvalue weighted by Crippen LogP contribution is -2.21.